The molecule has 2 rings (SSSR count). The van der Waals surface area contributed by atoms with Crippen molar-refractivity contribution in [1.82, 2.24) is 4.90 Å². The highest BCUT2D eigenvalue weighted by Crippen LogP contribution is 2.32. The van der Waals surface area contributed by atoms with E-state index in [4.69, 9.17) is 10.5 Å². The maximum Gasteiger partial charge on any atom is 0.251 e. The van der Waals surface area contributed by atoms with Crippen LogP contribution >= 0.6 is 0 Å². The lowest BCUT2D eigenvalue weighted by atomic mass is 9.89. The summed E-state index contributed by atoms with van der Waals surface area (Å²) in [5.41, 5.74) is 7.65. The Labute approximate surface area is 119 Å². The molecular weight excluding hydrogens is 256 g/mol. The average molecular weight is 278 g/mol. The maximum absolute atomic E-state index is 11.7. The van der Waals surface area contributed by atoms with Crippen LogP contribution in [0.15, 0.2) is 18.2 Å². The first kappa shape index (κ1) is 14.7. The van der Waals surface area contributed by atoms with Crippen LogP contribution in [0.2, 0.25) is 0 Å². The fourth-order valence-electron chi connectivity index (χ4n) is 2.68. The topological polar surface area (TPSA) is 75.8 Å². The van der Waals surface area contributed by atoms with E-state index in [0.29, 0.717) is 30.4 Å². The minimum atomic E-state index is -0.914. The van der Waals surface area contributed by atoms with Crippen molar-refractivity contribution in [2.45, 2.75) is 31.8 Å². The third-order valence-corrected chi connectivity index (χ3v) is 3.89. The predicted molar refractivity (Wildman–Crippen MR) is 77.6 cm³/mol. The van der Waals surface area contributed by atoms with Gasteiger partial charge < -0.3 is 20.5 Å². The van der Waals surface area contributed by atoms with Crippen LogP contribution < -0.4 is 10.5 Å². The molecule has 1 amide bonds. The number of ether oxygens (including phenoxy) is 1. The maximum atomic E-state index is 11.7. The van der Waals surface area contributed by atoms with E-state index >= 15 is 0 Å². The number of benzene rings is 1. The second-order valence-electron chi connectivity index (χ2n) is 5.28. The Bertz CT molecular complexity index is 480. The molecule has 1 unspecified atom stereocenters. The number of amides is 1. The molecule has 1 fully saturated rings. The fourth-order valence-corrected chi connectivity index (χ4v) is 2.68. The second kappa shape index (κ2) is 6.13. The van der Waals surface area contributed by atoms with Crippen LogP contribution in [0.25, 0.3) is 0 Å². The molecule has 0 spiro atoms. The summed E-state index contributed by atoms with van der Waals surface area (Å²) in [6, 6.07) is 5.86. The smallest absolute Gasteiger partial charge is 0.251 e. The highest BCUT2D eigenvalue weighted by Gasteiger charge is 2.26. The van der Waals surface area contributed by atoms with Gasteiger partial charge >= 0.3 is 0 Å². The molecule has 5 nitrogen and oxygen atoms in total. The van der Waals surface area contributed by atoms with Crippen LogP contribution in [0.4, 0.5) is 5.69 Å². The van der Waals surface area contributed by atoms with Gasteiger partial charge in [-0.25, -0.2) is 0 Å². The Morgan fingerprint density at radius 2 is 2.10 bits per heavy atom. The molecule has 1 saturated heterocycles. The van der Waals surface area contributed by atoms with Gasteiger partial charge in [0.2, 0.25) is 0 Å². The first-order chi connectivity index (χ1) is 9.52. The predicted octanol–water partition coefficient (Wildman–Crippen LogP) is 1.36. The molecule has 0 aromatic heterocycles. The number of carbonyl (C=O) groups excluding carboxylic acids is 1. The number of piperidine rings is 1. The van der Waals surface area contributed by atoms with Crippen LogP contribution in [0.1, 0.15) is 31.2 Å². The molecule has 0 radical (unpaired) electrons. The summed E-state index contributed by atoms with van der Waals surface area (Å²) >= 11 is 0. The van der Waals surface area contributed by atoms with E-state index < -0.39 is 6.10 Å². The Hall–Kier alpha value is -1.75. The fraction of sp³-hybridized carbons (Fsp3) is 0.533. The molecule has 1 aromatic rings. The van der Waals surface area contributed by atoms with Gasteiger partial charge in [-0.15, -0.1) is 0 Å². The van der Waals surface area contributed by atoms with Crippen LogP contribution in [-0.2, 0) is 4.79 Å². The van der Waals surface area contributed by atoms with Crippen LogP contribution in [0, 0.1) is 0 Å². The molecule has 1 atom stereocenters. The summed E-state index contributed by atoms with van der Waals surface area (Å²) in [6.07, 6.45) is 0.875. The molecular formula is C15H22N2O3. The zero-order chi connectivity index (χ0) is 14.7. The van der Waals surface area contributed by atoms with Gasteiger partial charge in [0.15, 0.2) is 0 Å². The Balaban J connectivity index is 2.02. The second-order valence-corrected chi connectivity index (χ2v) is 5.28. The number of hydrogen-bond donors (Lipinski definition) is 2. The van der Waals surface area contributed by atoms with Crippen molar-refractivity contribution in [2.24, 2.45) is 0 Å². The van der Waals surface area contributed by atoms with Crippen molar-refractivity contribution in [3.63, 3.8) is 0 Å². The van der Waals surface area contributed by atoms with Crippen LogP contribution in [-0.4, -0.2) is 42.2 Å². The number of rotatable bonds is 3. The molecule has 20 heavy (non-hydrogen) atoms. The molecule has 1 aromatic carbocycles. The van der Waals surface area contributed by atoms with Crippen molar-refractivity contribution in [3.8, 4) is 5.75 Å². The van der Waals surface area contributed by atoms with Gasteiger partial charge in [-0.05, 0) is 43.4 Å². The number of hydrogen-bond acceptors (Lipinski definition) is 4. The molecule has 1 aliphatic heterocycles. The van der Waals surface area contributed by atoms with Crippen molar-refractivity contribution >= 4 is 11.6 Å². The number of aliphatic hydroxyl groups is 1. The number of nitrogen functional groups attached to an aromatic ring is 1. The summed E-state index contributed by atoms with van der Waals surface area (Å²) in [6.45, 7) is 2.88. The number of nitrogens with two attached hydrogens (primary N) is 1. The molecule has 0 aliphatic carbocycles. The van der Waals surface area contributed by atoms with E-state index in [9.17, 15) is 9.90 Å². The van der Waals surface area contributed by atoms with Gasteiger partial charge in [0, 0.05) is 13.1 Å². The van der Waals surface area contributed by atoms with Gasteiger partial charge in [0.05, 0.1) is 12.8 Å². The summed E-state index contributed by atoms with van der Waals surface area (Å²) < 4.78 is 5.24. The molecule has 110 valence electrons. The van der Waals surface area contributed by atoms with Crippen molar-refractivity contribution in [3.05, 3.63) is 23.8 Å². The SMILES string of the molecule is COc1cc(C2CCN(C(=O)C(C)O)CC2)ccc1N. The summed E-state index contributed by atoms with van der Waals surface area (Å²) in [5.74, 6) is 0.922. The third kappa shape index (κ3) is 3.04. The molecule has 0 saturated carbocycles. The molecule has 1 aliphatic rings. The molecule has 0 bridgehead atoms. The van der Waals surface area contributed by atoms with Crippen molar-refractivity contribution in [2.75, 3.05) is 25.9 Å². The van der Waals surface area contributed by atoms with Gasteiger partial charge in [-0.2, -0.15) is 0 Å². The summed E-state index contributed by atoms with van der Waals surface area (Å²) in [4.78, 5) is 13.5. The number of carbonyl (C=O) groups is 1. The van der Waals surface area contributed by atoms with Gasteiger partial charge in [0.1, 0.15) is 11.9 Å². The molecule has 5 heteroatoms. The number of aliphatic hydroxyl groups excluding tert-OH is 1. The van der Waals surface area contributed by atoms with E-state index in [1.54, 1.807) is 12.0 Å². The van der Waals surface area contributed by atoms with E-state index in [-0.39, 0.29) is 5.91 Å². The van der Waals surface area contributed by atoms with E-state index in [1.165, 1.54) is 12.5 Å². The Kier molecular flexibility index (Phi) is 4.49. The third-order valence-electron chi connectivity index (χ3n) is 3.89. The number of methoxy groups -OCH3 is 1. The Morgan fingerprint density at radius 3 is 2.65 bits per heavy atom. The standard InChI is InChI=1S/C15H22N2O3/c1-10(18)15(19)17-7-5-11(6-8-17)12-3-4-13(16)14(9-12)20-2/h3-4,9-11,18H,5-8,16H2,1-2H3. The van der Waals surface area contributed by atoms with Crippen molar-refractivity contribution in [1.29, 1.82) is 0 Å². The highest BCUT2D eigenvalue weighted by molar-refractivity contribution is 5.80. The first-order valence-corrected chi connectivity index (χ1v) is 6.93. The zero-order valence-corrected chi connectivity index (χ0v) is 12.0. The lowest BCUT2D eigenvalue weighted by molar-refractivity contribution is -0.140. The summed E-state index contributed by atoms with van der Waals surface area (Å²) in [5, 5.41) is 9.33. The lowest BCUT2D eigenvalue weighted by Crippen LogP contribution is -2.42. The van der Waals surface area contributed by atoms with E-state index in [0.717, 1.165) is 12.8 Å². The molecule has 3 N–H and O–H groups in total. The highest BCUT2D eigenvalue weighted by atomic mass is 16.5. The average Bonchev–Trinajstić information content (AvgIpc) is 2.47. The number of anilines is 1. The quantitative estimate of drug-likeness (QED) is 0.819. The Morgan fingerprint density at radius 1 is 1.45 bits per heavy atom. The number of nitrogens with zero attached hydrogens (tertiary/aromatic N) is 1. The number of likely N-dealkylation sites (tertiary alicyclic amines) is 1. The van der Waals surface area contributed by atoms with Gasteiger partial charge in [0.25, 0.3) is 5.91 Å². The van der Waals surface area contributed by atoms with Gasteiger partial charge in [-0.3, -0.25) is 4.79 Å². The minimum Gasteiger partial charge on any atom is -0.495 e. The normalized spacial score (nSPS) is 17.9. The van der Waals surface area contributed by atoms with Crippen molar-refractivity contribution < 1.29 is 14.6 Å². The largest absolute Gasteiger partial charge is 0.495 e. The van der Waals surface area contributed by atoms with Crippen LogP contribution in [0.5, 0.6) is 5.75 Å². The van der Waals surface area contributed by atoms with Gasteiger partial charge in [-0.1, -0.05) is 6.07 Å². The van der Waals surface area contributed by atoms with E-state index in [1.807, 2.05) is 18.2 Å². The monoisotopic (exact) mass is 278 g/mol. The zero-order valence-electron chi connectivity index (χ0n) is 12.0. The minimum absolute atomic E-state index is 0.182. The van der Waals surface area contributed by atoms with Crippen LogP contribution in [0.3, 0.4) is 0 Å². The summed E-state index contributed by atoms with van der Waals surface area (Å²) in [7, 11) is 1.61. The molecule has 1 heterocycles. The van der Waals surface area contributed by atoms with E-state index in [2.05, 4.69) is 0 Å². The first-order valence-electron chi connectivity index (χ1n) is 6.93. The lowest BCUT2D eigenvalue weighted by Gasteiger charge is -2.33.